The number of nitrogens with one attached hydrogen (secondary N) is 1. The van der Waals surface area contributed by atoms with Gasteiger partial charge in [-0.15, -0.1) is 11.3 Å². The molecule has 0 spiro atoms. The summed E-state index contributed by atoms with van der Waals surface area (Å²) in [5.74, 6) is 0. The summed E-state index contributed by atoms with van der Waals surface area (Å²) in [5.41, 5.74) is 1.15. The number of hydrogen-bond acceptors (Lipinski definition) is 3. The molecule has 0 saturated heterocycles. The Morgan fingerprint density at radius 2 is 1.90 bits per heavy atom. The minimum Gasteiger partial charge on any atom is -0.310 e. The second-order valence-corrected chi connectivity index (χ2v) is 7.04. The van der Waals surface area contributed by atoms with E-state index in [1.807, 2.05) is 24.3 Å². The topological polar surface area (TPSA) is 15.3 Å². The van der Waals surface area contributed by atoms with Gasteiger partial charge in [0.1, 0.15) is 0 Å². The third kappa shape index (κ3) is 4.21. The Morgan fingerprint density at radius 1 is 1.15 bits per heavy atom. The van der Waals surface area contributed by atoms with E-state index in [9.17, 15) is 0 Å². The molecule has 1 atom stereocenters. The summed E-state index contributed by atoms with van der Waals surface area (Å²) >= 11 is 13.8. The van der Waals surface area contributed by atoms with Crippen LogP contribution in [0.5, 0.6) is 0 Å². The molecule has 0 amide bonds. The first kappa shape index (κ1) is 15.8. The van der Waals surface area contributed by atoms with Gasteiger partial charge in [0.15, 0.2) is 0 Å². The zero-order valence-electron chi connectivity index (χ0n) is 11.6. The third-order valence-electron chi connectivity index (χ3n) is 3.15. The molecule has 20 heavy (non-hydrogen) atoms. The van der Waals surface area contributed by atoms with Crippen molar-refractivity contribution < 1.29 is 0 Å². The summed E-state index contributed by atoms with van der Waals surface area (Å²) in [5, 5.41) is 4.29. The standard InChI is InChI=1S/C15H18Cl2N2S/c1-19(2)14(12-5-3-4-6-13(12)16)10-18-9-11-7-8-15(17)20-11/h3-8,14,18H,9-10H2,1-2H3. The lowest BCUT2D eigenvalue weighted by molar-refractivity contribution is 0.288. The Labute approximate surface area is 134 Å². The third-order valence-corrected chi connectivity index (χ3v) is 4.73. The molecule has 1 N–H and O–H groups in total. The highest BCUT2D eigenvalue weighted by Gasteiger charge is 2.16. The fourth-order valence-electron chi connectivity index (χ4n) is 2.09. The van der Waals surface area contributed by atoms with Crippen molar-refractivity contribution in [3.05, 3.63) is 56.2 Å². The lowest BCUT2D eigenvalue weighted by Crippen LogP contribution is -2.30. The first-order valence-electron chi connectivity index (χ1n) is 6.43. The van der Waals surface area contributed by atoms with E-state index in [1.54, 1.807) is 11.3 Å². The van der Waals surface area contributed by atoms with Gasteiger partial charge in [-0.05, 0) is 37.9 Å². The monoisotopic (exact) mass is 328 g/mol. The van der Waals surface area contributed by atoms with Crippen molar-refractivity contribution in [2.24, 2.45) is 0 Å². The molecular weight excluding hydrogens is 311 g/mol. The Bertz CT molecular complexity index is 554. The van der Waals surface area contributed by atoms with E-state index in [0.717, 1.165) is 28.0 Å². The van der Waals surface area contributed by atoms with Crippen LogP contribution in [0.2, 0.25) is 9.36 Å². The largest absolute Gasteiger partial charge is 0.310 e. The van der Waals surface area contributed by atoms with Crippen molar-refractivity contribution in [2.45, 2.75) is 12.6 Å². The molecule has 0 saturated carbocycles. The van der Waals surface area contributed by atoms with E-state index in [1.165, 1.54) is 4.88 Å². The highest BCUT2D eigenvalue weighted by atomic mass is 35.5. The number of hydrogen-bond donors (Lipinski definition) is 1. The van der Waals surface area contributed by atoms with Gasteiger partial charge in [-0.1, -0.05) is 41.4 Å². The quantitative estimate of drug-likeness (QED) is 0.842. The Hall–Kier alpha value is -0.580. The molecule has 0 aliphatic heterocycles. The van der Waals surface area contributed by atoms with Gasteiger partial charge in [-0.3, -0.25) is 0 Å². The van der Waals surface area contributed by atoms with Crippen LogP contribution >= 0.6 is 34.5 Å². The summed E-state index contributed by atoms with van der Waals surface area (Å²) < 4.78 is 0.831. The summed E-state index contributed by atoms with van der Waals surface area (Å²) in [6.07, 6.45) is 0. The predicted molar refractivity (Wildman–Crippen MR) is 88.9 cm³/mol. The SMILES string of the molecule is CN(C)C(CNCc1ccc(Cl)s1)c1ccccc1Cl. The molecule has 2 nitrogen and oxygen atoms in total. The van der Waals surface area contributed by atoms with Crippen molar-refractivity contribution in [1.82, 2.24) is 10.2 Å². The normalized spacial score (nSPS) is 12.8. The zero-order chi connectivity index (χ0) is 14.5. The highest BCUT2D eigenvalue weighted by molar-refractivity contribution is 7.16. The van der Waals surface area contributed by atoms with Gasteiger partial charge >= 0.3 is 0 Å². The van der Waals surface area contributed by atoms with E-state index in [-0.39, 0.29) is 6.04 Å². The Kier molecular flexibility index (Phi) is 5.87. The van der Waals surface area contributed by atoms with Crippen LogP contribution in [0.4, 0.5) is 0 Å². The average Bonchev–Trinajstić information content (AvgIpc) is 2.81. The second-order valence-electron chi connectivity index (χ2n) is 4.84. The van der Waals surface area contributed by atoms with E-state index in [0.29, 0.717) is 0 Å². The average molecular weight is 329 g/mol. The molecule has 0 aliphatic rings. The van der Waals surface area contributed by atoms with Crippen LogP contribution < -0.4 is 5.32 Å². The zero-order valence-corrected chi connectivity index (χ0v) is 13.9. The van der Waals surface area contributed by atoms with Gasteiger partial charge in [0, 0.05) is 29.0 Å². The number of benzene rings is 1. The molecule has 5 heteroatoms. The first-order chi connectivity index (χ1) is 9.58. The van der Waals surface area contributed by atoms with Crippen molar-refractivity contribution in [2.75, 3.05) is 20.6 Å². The molecular formula is C15H18Cl2N2S. The fourth-order valence-corrected chi connectivity index (χ4v) is 3.41. The lowest BCUT2D eigenvalue weighted by atomic mass is 10.1. The maximum atomic E-state index is 6.29. The van der Waals surface area contributed by atoms with Gasteiger partial charge in [0.25, 0.3) is 0 Å². The predicted octanol–water partition coefficient (Wildman–Crippen LogP) is 4.45. The number of rotatable bonds is 6. The van der Waals surface area contributed by atoms with Crippen molar-refractivity contribution in [3.63, 3.8) is 0 Å². The number of halogens is 2. The van der Waals surface area contributed by atoms with Gasteiger partial charge in [-0.25, -0.2) is 0 Å². The molecule has 0 fully saturated rings. The summed E-state index contributed by atoms with van der Waals surface area (Å²) in [7, 11) is 4.13. The van der Waals surface area contributed by atoms with Crippen LogP contribution in [0.3, 0.4) is 0 Å². The molecule has 0 radical (unpaired) electrons. The van der Waals surface area contributed by atoms with Crippen LogP contribution in [-0.2, 0) is 6.54 Å². The Balaban J connectivity index is 1.98. The van der Waals surface area contributed by atoms with Crippen LogP contribution in [0.15, 0.2) is 36.4 Å². The van der Waals surface area contributed by atoms with E-state index in [2.05, 4.69) is 36.4 Å². The lowest BCUT2D eigenvalue weighted by Gasteiger charge is -2.26. The number of nitrogens with zero attached hydrogens (tertiary/aromatic N) is 1. The van der Waals surface area contributed by atoms with E-state index in [4.69, 9.17) is 23.2 Å². The summed E-state index contributed by atoms with van der Waals surface area (Å²) in [6, 6.07) is 12.2. The molecule has 1 heterocycles. The van der Waals surface area contributed by atoms with E-state index < -0.39 is 0 Å². The summed E-state index contributed by atoms with van der Waals surface area (Å²) in [6.45, 7) is 1.67. The van der Waals surface area contributed by atoms with Crippen LogP contribution in [0.25, 0.3) is 0 Å². The minimum atomic E-state index is 0.249. The molecule has 0 bridgehead atoms. The van der Waals surface area contributed by atoms with Gasteiger partial charge in [0.2, 0.25) is 0 Å². The van der Waals surface area contributed by atoms with Crippen LogP contribution in [0.1, 0.15) is 16.5 Å². The second kappa shape index (κ2) is 7.43. The van der Waals surface area contributed by atoms with Crippen LogP contribution in [0, 0.1) is 0 Å². The Morgan fingerprint density at radius 3 is 2.50 bits per heavy atom. The first-order valence-corrected chi connectivity index (χ1v) is 8.01. The molecule has 0 aliphatic carbocycles. The smallest absolute Gasteiger partial charge is 0.0931 e. The maximum Gasteiger partial charge on any atom is 0.0931 e. The minimum absolute atomic E-state index is 0.249. The van der Waals surface area contributed by atoms with E-state index >= 15 is 0 Å². The highest BCUT2D eigenvalue weighted by Crippen LogP contribution is 2.26. The molecule has 1 unspecified atom stereocenters. The fraction of sp³-hybridized carbons (Fsp3) is 0.333. The van der Waals surface area contributed by atoms with Crippen molar-refractivity contribution in [3.8, 4) is 0 Å². The van der Waals surface area contributed by atoms with Gasteiger partial charge < -0.3 is 10.2 Å². The molecule has 1 aromatic carbocycles. The number of thiophene rings is 1. The van der Waals surface area contributed by atoms with Crippen molar-refractivity contribution in [1.29, 1.82) is 0 Å². The van der Waals surface area contributed by atoms with Gasteiger partial charge in [0.05, 0.1) is 4.34 Å². The molecule has 108 valence electrons. The van der Waals surface area contributed by atoms with Gasteiger partial charge in [-0.2, -0.15) is 0 Å². The molecule has 1 aromatic heterocycles. The van der Waals surface area contributed by atoms with Crippen molar-refractivity contribution >= 4 is 34.5 Å². The van der Waals surface area contributed by atoms with Crippen LogP contribution in [-0.4, -0.2) is 25.5 Å². The molecule has 2 aromatic rings. The number of likely N-dealkylation sites (N-methyl/N-ethyl adjacent to an activating group) is 1. The molecule has 2 rings (SSSR count). The summed E-state index contributed by atoms with van der Waals surface area (Å²) in [4.78, 5) is 3.42. The maximum absolute atomic E-state index is 6.29.